The monoisotopic (exact) mass is 242 g/mol. The van der Waals surface area contributed by atoms with Gasteiger partial charge in [-0.15, -0.1) is 0 Å². The maximum absolute atomic E-state index is 9.08. The molecule has 0 spiro atoms. The molecule has 0 aliphatic rings. The molecule has 1 N–H and O–H groups in total. The van der Waals surface area contributed by atoms with Crippen LogP contribution in [0.3, 0.4) is 0 Å². The molecule has 4 heteroatoms. The van der Waals surface area contributed by atoms with E-state index < -0.39 is 5.54 Å². The van der Waals surface area contributed by atoms with Crippen molar-refractivity contribution < 1.29 is 0 Å². The largest absolute Gasteiger partial charge is 0.303 e. The third-order valence-corrected chi connectivity index (χ3v) is 3.40. The molecule has 0 bridgehead atoms. The molecule has 0 saturated heterocycles. The summed E-state index contributed by atoms with van der Waals surface area (Å²) in [5.74, 6) is 0. The number of benzene rings is 1. The van der Waals surface area contributed by atoms with Gasteiger partial charge in [-0.05, 0) is 32.9 Å². The lowest BCUT2D eigenvalue weighted by molar-refractivity contribution is 0.418. The van der Waals surface area contributed by atoms with E-state index in [2.05, 4.69) is 28.6 Å². The molecule has 1 unspecified atom stereocenters. The Bertz CT molecular complexity index is 566. The van der Waals surface area contributed by atoms with Gasteiger partial charge < -0.3 is 5.32 Å². The van der Waals surface area contributed by atoms with E-state index in [1.807, 2.05) is 37.0 Å². The maximum atomic E-state index is 9.08. The number of para-hydroxylation sites is 1. The van der Waals surface area contributed by atoms with Crippen molar-refractivity contribution in [2.75, 3.05) is 7.05 Å². The first-order valence-corrected chi connectivity index (χ1v) is 6.19. The summed E-state index contributed by atoms with van der Waals surface area (Å²) in [6, 6.07) is 10.5. The third-order valence-electron chi connectivity index (χ3n) is 3.40. The lowest BCUT2D eigenvalue weighted by atomic mass is 9.98. The van der Waals surface area contributed by atoms with Crippen molar-refractivity contribution in [1.29, 1.82) is 5.26 Å². The molecule has 1 heterocycles. The molecule has 94 valence electrons. The summed E-state index contributed by atoms with van der Waals surface area (Å²) in [5.41, 5.74) is 0.712. The normalized spacial score (nSPS) is 14.3. The molecular weight excluding hydrogens is 224 g/mol. The second-order valence-electron chi connectivity index (χ2n) is 4.72. The molecule has 1 aromatic heterocycles. The van der Waals surface area contributed by atoms with E-state index in [9.17, 15) is 0 Å². The van der Waals surface area contributed by atoms with Gasteiger partial charge in [0.2, 0.25) is 0 Å². The Morgan fingerprint density at radius 1 is 1.44 bits per heavy atom. The second kappa shape index (κ2) is 5.19. The van der Waals surface area contributed by atoms with Crippen LogP contribution >= 0.6 is 0 Å². The molecule has 18 heavy (non-hydrogen) atoms. The number of hydrogen-bond acceptors (Lipinski definition) is 3. The van der Waals surface area contributed by atoms with Crippen LogP contribution in [0.25, 0.3) is 10.9 Å². The van der Waals surface area contributed by atoms with E-state index in [1.54, 1.807) is 0 Å². The highest BCUT2D eigenvalue weighted by Gasteiger charge is 2.20. The predicted molar refractivity (Wildman–Crippen MR) is 72.0 cm³/mol. The standard InChI is InChI=1S/C14H18N4/c1-14(11-15,16-2)8-5-9-18-13-7-4-3-6-12(13)10-17-18/h3-4,6-7,10,16H,5,8-9H2,1-2H3. The van der Waals surface area contributed by atoms with Crippen LogP contribution in [-0.2, 0) is 6.54 Å². The van der Waals surface area contributed by atoms with Gasteiger partial charge in [-0.2, -0.15) is 10.4 Å². The van der Waals surface area contributed by atoms with Crippen LogP contribution < -0.4 is 5.32 Å². The Morgan fingerprint density at radius 2 is 2.22 bits per heavy atom. The molecule has 0 amide bonds. The molecule has 1 aromatic carbocycles. The quantitative estimate of drug-likeness (QED) is 0.875. The Morgan fingerprint density at radius 3 is 2.94 bits per heavy atom. The van der Waals surface area contributed by atoms with Crippen molar-refractivity contribution in [3.63, 3.8) is 0 Å². The first-order chi connectivity index (χ1) is 8.68. The fourth-order valence-corrected chi connectivity index (χ4v) is 2.02. The van der Waals surface area contributed by atoms with Crippen LogP contribution in [-0.4, -0.2) is 22.4 Å². The predicted octanol–water partition coefficient (Wildman–Crippen LogP) is 2.32. The van der Waals surface area contributed by atoms with Crippen LogP contribution in [0.15, 0.2) is 30.5 Å². The molecule has 1 atom stereocenters. The van der Waals surface area contributed by atoms with Gasteiger partial charge in [0, 0.05) is 11.9 Å². The second-order valence-corrected chi connectivity index (χ2v) is 4.72. The minimum Gasteiger partial charge on any atom is -0.303 e. The van der Waals surface area contributed by atoms with E-state index in [4.69, 9.17) is 5.26 Å². The molecule has 0 aliphatic heterocycles. The van der Waals surface area contributed by atoms with Crippen molar-refractivity contribution in [2.45, 2.75) is 31.8 Å². The Balaban J connectivity index is 2.01. The van der Waals surface area contributed by atoms with Crippen LogP contribution in [0.1, 0.15) is 19.8 Å². The summed E-state index contributed by atoms with van der Waals surface area (Å²) in [6.07, 6.45) is 3.63. The first kappa shape index (κ1) is 12.6. The molecule has 0 fully saturated rings. The van der Waals surface area contributed by atoms with Crippen molar-refractivity contribution >= 4 is 10.9 Å². The topological polar surface area (TPSA) is 53.6 Å². The molecule has 0 radical (unpaired) electrons. The summed E-state index contributed by atoms with van der Waals surface area (Å²) < 4.78 is 2.00. The van der Waals surface area contributed by atoms with Gasteiger partial charge in [0.05, 0.1) is 17.8 Å². The molecule has 0 saturated carbocycles. The van der Waals surface area contributed by atoms with Gasteiger partial charge >= 0.3 is 0 Å². The number of fused-ring (bicyclic) bond motifs is 1. The van der Waals surface area contributed by atoms with Gasteiger partial charge in [-0.1, -0.05) is 18.2 Å². The summed E-state index contributed by atoms with van der Waals surface area (Å²) in [4.78, 5) is 0. The van der Waals surface area contributed by atoms with Crippen molar-refractivity contribution in [3.05, 3.63) is 30.5 Å². The van der Waals surface area contributed by atoms with Crippen LogP contribution in [0.5, 0.6) is 0 Å². The first-order valence-electron chi connectivity index (χ1n) is 6.19. The van der Waals surface area contributed by atoms with E-state index >= 15 is 0 Å². The molecular formula is C14H18N4. The number of nitrogens with zero attached hydrogens (tertiary/aromatic N) is 3. The molecule has 2 aromatic rings. The fourth-order valence-electron chi connectivity index (χ4n) is 2.02. The van der Waals surface area contributed by atoms with E-state index in [0.717, 1.165) is 30.3 Å². The Labute approximate surface area is 107 Å². The number of aryl methyl sites for hydroxylation is 1. The summed E-state index contributed by atoms with van der Waals surface area (Å²) in [5, 5.41) is 17.7. The molecule has 0 aliphatic carbocycles. The third kappa shape index (κ3) is 2.52. The lowest BCUT2D eigenvalue weighted by Gasteiger charge is -2.20. The van der Waals surface area contributed by atoms with Crippen LogP contribution in [0.4, 0.5) is 0 Å². The van der Waals surface area contributed by atoms with Gasteiger partial charge in [-0.3, -0.25) is 4.68 Å². The van der Waals surface area contributed by atoms with Gasteiger partial charge in [0.25, 0.3) is 0 Å². The Hall–Kier alpha value is -1.86. The van der Waals surface area contributed by atoms with Gasteiger partial charge in [0.15, 0.2) is 0 Å². The average Bonchev–Trinajstić information content (AvgIpc) is 2.82. The minimum absolute atomic E-state index is 0.442. The molecule has 2 rings (SSSR count). The summed E-state index contributed by atoms with van der Waals surface area (Å²) >= 11 is 0. The highest BCUT2D eigenvalue weighted by molar-refractivity contribution is 5.78. The smallest absolute Gasteiger partial charge is 0.103 e. The van der Waals surface area contributed by atoms with E-state index in [1.165, 1.54) is 0 Å². The zero-order chi connectivity index (χ0) is 13.0. The van der Waals surface area contributed by atoms with Crippen molar-refractivity contribution in [3.8, 4) is 6.07 Å². The highest BCUT2D eigenvalue weighted by Crippen LogP contribution is 2.15. The zero-order valence-corrected chi connectivity index (χ0v) is 10.8. The number of hydrogen-bond donors (Lipinski definition) is 1. The van der Waals surface area contributed by atoms with Crippen LogP contribution in [0.2, 0.25) is 0 Å². The Kier molecular flexibility index (Phi) is 3.63. The highest BCUT2D eigenvalue weighted by atomic mass is 15.3. The SMILES string of the molecule is CNC(C)(C#N)CCCn1ncc2ccccc21. The van der Waals surface area contributed by atoms with Crippen molar-refractivity contribution in [1.82, 2.24) is 15.1 Å². The fraction of sp³-hybridized carbons (Fsp3) is 0.429. The van der Waals surface area contributed by atoms with Gasteiger partial charge in [-0.25, -0.2) is 0 Å². The number of nitriles is 1. The number of nitrogens with one attached hydrogen (secondary N) is 1. The number of rotatable bonds is 5. The molecule has 4 nitrogen and oxygen atoms in total. The van der Waals surface area contributed by atoms with Crippen molar-refractivity contribution in [2.24, 2.45) is 0 Å². The number of aromatic nitrogens is 2. The lowest BCUT2D eigenvalue weighted by Crippen LogP contribution is -2.38. The van der Waals surface area contributed by atoms with Crippen LogP contribution in [0, 0.1) is 11.3 Å². The van der Waals surface area contributed by atoms with Gasteiger partial charge in [0.1, 0.15) is 5.54 Å². The maximum Gasteiger partial charge on any atom is 0.103 e. The zero-order valence-electron chi connectivity index (χ0n) is 10.8. The van der Waals surface area contributed by atoms with E-state index in [-0.39, 0.29) is 0 Å². The minimum atomic E-state index is -0.442. The summed E-state index contributed by atoms with van der Waals surface area (Å²) in [6.45, 7) is 2.76. The summed E-state index contributed by atoms with van der Waals surface area (Å²) in [7, 11) is 1.83. The average molecular weight is 242 g/mol. The van der Waals surface area contributed by atoms with E-state index in [0.29, 0.717) is 0 Å².